The fourth-order valence-corrected chi connectivity index (χ4v) is 12.9. The lowest BCUT2D eigenvalue weighted by Gasteiger charge is -2.34. The second-order valence-corrected chi connectivity index (χ2v) is 17.7. The van der Waals surface area contributed by atoms with E-state index < -0.39 is 21.3 Å². The average Bonchev–Trinajstić information content (AvgIpc) is 3.62. The van der Waals surface area contributed by atoms with Gasteiger partial charge in [-0.3, -0.25) is 0 Å². The summed E-state index contributed by atoms with van der Waals surface area (Å²) in [7, 11) is -1.66. The Morgan fingerprint density at radius 3 is 1.32 bits per heavy atom. The second kappa shape index (κ2) is 14.8. The molecule has 0 nitrogen and oxygen atoms in total. The third-order valence-electron chi connectivity index (χ3n) is 10.4. The van der Waals surface area contributed by atoms with Gasteiger partial charge in [-0.2, -0.15) is 0 Å². The molecular weight excluding hydrogens is 675 g/mol. The van der Waals surface area contributed by atoms with Crippen molar-refractivity contribution >= 4 is 47.7 Å². The molecular formula is C51H40P2. The van der Waals surface area contributed by atoms with Gasteiger partial charge in [0.15, 0.2) is 0 Å². The number of terminal acetylenes is 1. The van der Waals surface area contributed by atoms with Gasteiger partial charge < -0.3 is 0 Å². The molecule has 0 atom stereocenters. The molecule has 0 amide bonds. The lowest BCUT2D eigenvalue weighted by molar-refractivity contribution is 0.779. The van der Waals surface area contributed by atoms with E-state index in [-0.39, 0.29) is 0 Å². The van der Waals surface area contributed by atoms with Crippen LogP contribution in [0.25, 0.3) is 11.1 Å². The van der Waals surface area contributed by atoms with Gasteiger partial charge in [0.05, 0.1) is 5.41 Å². The van der Waals surface area contributed by atoms with Gasteiger partial charge in [0.2, 0.25) is 0 Å². The van der Waals surface area contributed by atoms with Crippen LogP contribution in [-0.4, -0.2) is 0 Å². The van der Waals surface area contributed by atoms with Crippen molar-refractivity contribution in [2.24, 2.45) is 0 Å². The summed E-state index contributed by atoms with van der Waals surface area (Å²) in [5, 5.41) is 7.95. The Hall–Kier alpha value is -5.56. The number of benzene rings is 6. The monoisotopic (exact) mass is 714 g/mol. The zero-order chi connectivity index (χ0) is 36.4. The first-order valence-corrected chi connectivity index (χ1v) is 20.7. The maximum Gasteiger partial charge on any atom is 0.0729 e. The number of hydrogen-bond acceptors (Lipinski definition) is 0. The van der Waals surface area contributed by atoms with E-state index in [1.165, 1.54) is 59.7 Å². The van der Waals surface area contributed by atoms with E-state index >= 15 is 0 Å². The van der Waals surface area contributed by atoms with Gasteiger partial charge in [-0.05, 0) is 113 Å². The van der Waals surface area contributed by atoms with E-state index in [0.717, 1.165) is 16.7 Å². The van der Waals surface area contributed by atoms with Crippen molar-refractivity contribution < 1.29 is 0 Å². The number of allylic oxidation sites excluding steroid dienone is 9. The molecule has 0 saturated carbocycles. The van der Waals surface area contributed by atoms with Crippen molar-refractivity contribution in [3.8, 4) is 23.5 Å². The van der Waals surface area contributed by atoms with Gasteiger partial charge >= 0.3 is 0 Å². The first kappa shape index (κ1) is 34.5. The molecule has 6 aromatic carbocycles. The SMILES string of the molecule is C#CC1=C(/C=C\C)C2(C(/C=C\C=C)=C1C)c1cc(P(c3ccccc3)c3ccccc3)ccc1-c1ccc(P(c3ccccc3)c3ccccc3)cc12. The summed E-state index contributed by atoms with van der Waals surface area (Å²) >= 11 is 0. The predicted octanol–water partition coefficient (Wildman–Crippen LogP) is 10.0. The van der Waals surface area contributed by atoms with Crippen LogP contribution in [0.3, 0.4) is 0 Å². The molecule has 2 aliphatic rings. The summed E-state index contributed by atoms with van der Waals surface area (Å²) in [6, 6.07) is 58.4. The molecule has 8 rings (SSSR count). The molecule has 53 heavy (non-hydrogen) atoms. The van der Waals surface area contributed by atoms with Crippen LogP contribution in [0, 0.1) is 12.3 Å². The maximum atomic E-state index is 6.47. The maximum absolute atomic E-state index is 6.47. The molecule has 1 spiro atoms. The molecule has 254 valence electrons. The van der Waals surface area contributed by atoms with Crippen molar-refractivity contribution in [2.75, 3.05) is 0 Å². The van der Waals surface area contributed by atoms with Gasteiger partial charge in [0.1, 0.15) is 0 Å². The van der Waals surface area contributed by atoms with E-state index in [1.807, 2.05) is 6.08 Å². The Morgan fingerprint density at radius 2 is 0.962 bits per heavy atom. The molecule has 6 aromatic rings. The van der Waals surface area contributed by atoms with Crippen LogP contribution in [0.15, 0.2) is 217 Å². The summed E-state index contributed by atoms with van der Waals surface area (Å²) in [5.41, 5.74) is 8.93. The molecule has 0 saturated heterocycles. The molecule has 0 aliphatic heterocycles. The normalized spacial score (nSPS) is 14.5. The predicted molar refractivity (Wildman–Crippen MR) is 233 cm³/mol. The molecule has 0 radical (unpaired) electrons. The zero-order valence-electron chi connectivity index (χ0n) is 30.1. The molecule has 0 unspecified atom stereocenters. The highest BCUT2D eigenvalue weighted by atomic mass is 31.1. The highest BCUT2D eigenvalue weighted by Crippen LogP contribution is 2.62. The minimum atomic E-state index is -0.831. The summed E-state index contributed by atoms with van der Waals surface area (Å²) in [6.45, 7) is 8.38. The van der Waals surface area contributed by atoms with Crippen molar-refractivity contribution in [2.45, 2.75) is 19.3 Å². The Bertz CT molecular complexity index is 2270. The van der Waals surface area contributed by atoms with E-state index in [9.17, 15) is 0 Å². The third kappa shape index (κ3) is 5.83. The van der Waals surface area contributed by atoms with Crippen LogP contribution in [0.5, 0.6) is 0 Å². The summed E-state index contributed by atoms with van der Waals surface area (Å²) in [6.07, 6.45) is 17.1. The van der Waals surface area contributed by atoms with Crippen LogP contribution < -0.4 is 31.8 Å². The smallest absolute Gasteiger partial charge is 0.0729 e. The van der Waals surface area contributed by atoms with E-state index in [1.54, 1.807) is 0 Å². The molecule has 0 fully saturated rings. The molecule has 2 heteroatoms. The quantitative estimate of drug-likeness (QED) is 0.0795. The van der Waals surface area contributed by atoms with Gasteiger partial charge in [-0.15, -0.1) is 6.42 Å². The van der Waals surface area contributed by atoms with Crippen LogP contribution in [-0.2, 0) is 5.41 Å². The van der Waals surface area contributed by atoms with Crippen LogP contribution in [0.4, 0.5) is 0 Å². The summed E-state index contributed by atoms with van der Waals surface area (Å²) < 4.78 is 0. The highest BCUT2D eigenvalue weighted by molar-refractivity contribution is 7.80. The largest absolute Gasteiger partial charge is 0.115 e. The van der Waals surface area contributed by atoms with E-state index in [2.05, 4.69) is 208 Å². The number of rotatable bonds is 9. The minimum absolute atomic E-state index is 0.614. The summed E-state index contributed by atoms with van der Waals surface area (Å²) in [4.78, 5) is 0. The molecule has 0 N–H and O–H groups in total. The lowest BCUT2D eigenvalue weighted by Crippen LogP contribution is -2.30. The van der Waals surface area contributed by atoms with Gasteiger partial charge in [0.25, 0.3) is 0 Å². The van der Waals surface area contributed by atoms with Crippen molar-refractivity contribution in [3.05, 3.63) is 228 Å². The second-order valence-electron chi connectivity index (χ2n) is 13.3. The van der Waals surface area contributed by atoms with Crippen LogP contribution >= 0.6 is 15.8 Å². The Kier molecular flexibility index (Phi) is 9.65. The lowest BCUT2D eigenvalue weighted by atomic mass is 9.68. The molecule has 0 bridgehead atoms. The molecule has 0 aromatic heterocycles. The Morgan fingerprint density at radius 1 is 0.547 bits per heavy atom. The standard InChI is InChI=1S/C51H40P2/c1-5-8-30-47-37(4)44(7-3)48(21-6-2)51(47)49-35-42(52(38-22-13-9-14-23-38)39-24-15-10-16-25-39)31-33-45(49)46-34-32-43(36-50(46)51)53(40-26-17-11-18-27-40)41-28-19-12-20-29-41/h3,5-6,8-36H,1H2,2,4H3/b21-6-,30-8-. The highest BCUT2D eigenvalue weighted by Gasteiger charge is 2.52. The third-order valence-corrected chi connectivity index (χ3v) is 15.3. The molecule has 2 aliphatic carbocycles. The van der Waals surface area contributed by atoms with Gasteiger partial charge in [-0.1, -0.05) is 188 Å². The van der Waals surface area contributed by atoms with Crippen LogP contribution in [0.1, 0.15) is 25.0 Å². The first-order chi connectivity index (χ1) is 26.1. The van der Waals surface area contributed by atoms with Crippen molar-refractivity contribution in [1.29, 1.82) is 0 Å². The number of hydrogen-bond donors (Lipinski definition) is 0. The van der Waals surface area contributed by atoms with E-state index in [0.29, 0.717) is 0 Å². The fraction of sp³-hybridized carbons (Fsp3) is 0.0588. The van der Waals surface area contributed by atoms with Gasteiger partial charge in [-0.25, -0.2) is 0 Å². The van der Waals surface area contributed by atoms with E-state index in [4.69, 9.17) is 6.42 Å². The Balaban J connectivity index is 1.45. The molecule has 0 heterocycles. The van der Waals surface area contributed by atoms with Crippen molar-refractivity contribution in [3.63, 3.8) is 0 Å². The average molecular weight is 715 g/mol. The summed E-state index contributed by atoms with van der Waals surface area (Å²) in [5.74, 6) is 3.16. The topological polar surface area (TPSA) is 0 Å². The van der Waals surface area contributed by atoms with Crippen molar-refractivity contribution in [1.82, 2.24) is 0 Å². The minimum Gasteiger partial charge on any atom is -0.115 e. The van der Waals surface area contributed by atoms with Crippen LogP contribution in [0.2, 0.25) is 0 Å². The first-order valence-electron chi connectivity index (χ1n) is 18.1. The Labute approximate surface area is 317 Å². The zero-order valence-corrected chi connectivity index (χ0v) is 31.9. The van der Waals surface area contributed by atoms with Gasteiger partial charge in [0, 0.05) is 5.57 Å². The number of fused-ring (bicyclic) bond motifs is 5. The fourth-order valence-electron chi connectivity index (χ4n) is 8.29.